The molecule has 192 valence electrons. The molecule has 8 nitrogen and oxygen atoms in total. The zero-order valence-corrected chi connectivity index (χ0v) is 19.7. The number of anilines is 1. The number of benzene rings is 1. The lowest BCUT2D eigenvalue weighted by Gasteiger charge is -2.13. The minimum Gasteiger partial charge on any atom is -0.397 e. The van der Waals surface area contributed by atoms with Crippen molar-refractivity contribution in [2.45, 2.75) is 32.4 Å². The summed E-state index contributed by atoms with van der Waals surface area (Å²) >= 11 is 0. The number of nitrogens with two attached hydrogens (primary N) is 1. The lowest BCUT2D eigenvalue weighted by atomic mass is 10.0. The Labute approximate surface area is 204 Å². The first-order chi connectivity index (χ1) is 17.1. The summed E-state index contributed by atoms with van der Waals surface area (Å²) in [6, 6.07) is 4.52. The van der Waals surface area contributed by atoms with Crippen LogP contribution in [0.15, 0.2) is 47.8 Å². The fraction of sp³-hybridized carbons (Fsp3) is 0.292. The molecule has 2 heterocycles. The normalized spacial score (nSPS) is 11.2. The lowest BCUT2D eigenvalue weighted by Crippen LogP contribution is -2.24. The molecule has 0 aliphatic heterocycles. The molecular formula is C24H26F4N6O2. The molecule has 3 aromatic rings. The molecule has 0 amide bonds. The molecule has 2 aromatic heterocycles. The second-order valence-corrected chi connectivity index (χ2v) is 7.68. The summed E-state index contributed by atoms with van der Waals surface area (Å²) in [6.07, 6.45) is 6.99. The standard InChI is InChI=1S/C19H22FN3O.C5H4F3N3O/c1-3-4-5-10-23(2)11-7-15-12-17(18(20)13-16(15)14-24)19-21-8-6-9-22-19;6-5(7,8)3-2(9)1-10-11-4(3)12/h6-9,11-14H,3-5,10H2,1-2H3;1H,(H3,9,11,12)/b11-7-;. The molecule has 0 aliphatic rings. The number of aromatic nitrogens is 4. The summed E-state index contributed by atoms with van der Waals surface area (Å²) in [4.78, 5) is 32.0. The number of H-pyrrole nitrogens is 1. The van der Waals surface area contributed by atoms with Crippen molar-refractivity contribution in [3.8, 4) is 11.4 Å². The number of unbranched alkanes of at least 4 members (excludes halogenated alkanes) is 2. The number of hydrogen-bond acceptors (Lipinski definition) is 7. The first-order valence-electron chi connectivity index (χ1n) is 10.9. The summed E-state index contributed by atoms with van der Waals surface area (Å²) in [5.41, 5.74) is 2.74. The second-order valence-electron chi connectivity index (χ2n) is 7.68. The number of rotatable bonds is 8. The monoisotopic (exact) mass is 506 g/mol. The zero-order valence-electron chi connectivity index (χ0n) is 19.7. The number of carbonyl (C=O) groups excluding carboxylic acids is 1. The van der Waals surface area contributed by atoms with Crippen LogP contribution in [0, 0.1) is 5.82 Å². The van der Waals surface area contributed by atoms with Crippen LogP contribution >= 0.6 is 0 Å². The third-order valence-electron chi connectivity index (χ3n) is 4.90. The topological polar surface area (TPSA) is 118 Å². The third kappa shape index (κ3) is 8.00. The van der Waals surface area contributed by atoms with Crippen molar-refractivity contribution in [3.63, 3.8) is 0 Å². The van der Waals surface area contributed by atoms with Gasteiger partial charge in [-0.1, -0.05) is 19.8 Å². The quantitative estimate of drug-likeness (QED) is 0.261. The fourth-order valence-electron chi connectivity index (χ4n) is 3.06. The molecule has 0 bridgehead atoms. The van der Waals surface area contributed by atoms with Gasteiger partial charge in [0.25, 0.3) is 5.56 Å². The Balaban J connectivity index is 0.000000319. The minimum atomic E-state index is -4.74. The van der Waals surface area contributed by atoms with Crippen molar-refractivity contribution in [3.05, 3.63) is 75.9 Å². The van der Waals surface area contributed by atoms with E-state index in [4.69, 9.17) is 5.73 Å². The molecule has 0 saturated heterocycles. The van der Waals surface area contributed by atoms with E-state index in [2.05, 4.69) is 26.9 Å². The van der Waals surface area contributed by atoms with Crippen molar-refractivity contribution in [1.82, 2.24) is 25.1 Å². The number of nitrogens with zero attached hydrogens (tertiary/aromatic N) is 4. The maximum atomic E-state index is 14.2. The van der Waals surface area contributed by atoms with Crippen molar-refractivity contribution in [1.29, 1.82) is 0 Å². The van der Waals surface area contributed by atoms with Crippen molar-refractivity contribution in [2.24, 2.45) is 0 Å². The Kier molecular flexibility index (Phi) is 10.3. The second kappa shape index (κ2) is 13.1. The van der Waals surface area contributed by atoms with Gasteiger partial charge in [0, 0.05) is 31.5 Å². The largest absolute Gasteiger partial charge is 0.423 e. The van der Waals surface area contributed by atoms with E-state index in [9.17, 15) is 27.2 Å². The highest BCUT2D eigenvalue weighted by Gasteiger charge is 2.36. The van der Waals surface area contributed by atoms with Crippen molar-refractivity contribution < 1.29 is 22.4 Å². The predicted molar refractivity (Wildman–Crippen MR) is 128 cm³/mol. The summed E-state index contributed by atoms with van der Waals surface area (Å²) in [5.74, 6) is -0.199. The predicted octanol–water partition coefficient (Wildman–Crippen LogP) is 4.56. The number of carbonyl (C=O) groups is 1. The number of hydrogen-bond donors (Lipinski definition) is 2. The molecule has 1 aromatic carbocycles. The van der Waals surface area contributed by atoms with E-state index >= 15 is 0 Å². The maximum Gasteiger partial charge on any atom is 0.423 e. The Morgan fingerprint density at radius 1 is 1.14 bits per heavy atom. The fourth-order valence-corrected chi connectivity index (χ4v) is 3.06. The summed E-state index contributed by atoms with van der Waals surface area (Å²) < 4.78 is 50.2. The number of alkyl halides is 3. The highest BCUT2D eigenvalue weighted by atomic mass is 19.4. The van der Waals surface area contributed by atoms with Gasteiger partial charge in [-0.05, 0) is 42.5 Å². The van der Waals surface area contributed by atoms with Crippen LogP contribution in [0.3, 0.4) is 0 Å². The van der Waals surface area contributed by atoms with Gasteiger partial charge in [-0.25, -0.2) is 19.5 Å². The molecule has 12 heteroatoms. The lowest BCUT2D eigenvalue weighted by molar-refractivity contribution is -0.138. The van der Waals surface area contributed by atoms with Crippen LogP contribution in [-0.2, 0) is 6.18 Å². The molecule has 0 aliphatic carbocycles. The number of aldehydes is 1. The summed E-state index contributed by atoms with van der Waals surface area (Å²) in [6.45, 7) is 3.11. The van der Waals surface area contributed by atoms with Crippen LogP contribution in [-0.4, -0.2) is 44.9 Å². The van der Waals surface area contributed by atoms with E-state index in [0.29, 0.717) is 23.2 Å². The van der Waals surface area contributed by atoms with Gasteiger partial charge in [-0.15, -0.1) is 0 Å². The van der Waals surface area contributed by atoms with Crippen LogP contribution < -0.4 is 11.3 Å². The van der Waals surface area contributed by atoms with Gasteiger partial charge in [0.2, 0.25) is 0 Å². The first kappa shape index (κ1) is 28.1. The van der Waals surface area contributed by atoms with Gasteiger partial charge in [0.05, 0.1) is 17.4 Å². The highest BCUT2D eigenvalue weighted by molar-refractivity contribution is 5.83. The van der Waals surface area contributed by atoms with E-state index in [1.54, 1.807) is 29.6 Å². The molecule has 3 rings (SSSR count). The minimum absolute atomic E-state index is 0.287. The van der Waals surface area contributed by atoms with Crippen LogP contribution in [0.5, 0.6) is 0 Å². The highest BCUT2D eigenvalue weighted by Crippen LogP contribution is 2.29. The van der Waals surface area contributed by atoms with Gasteiger partial charge >= 0.3 is 6.18 Å². The summed E-state index contributed by atoms with van der Waals surface area (Å²) in [5, 5.41) is 4.74. The molecule has 3 N–H and O–H groups in total. The third-order valence-corrected chi connectivity index (χ3v) is 4.90. The SMILES string of the molecule is CCCCCN(C)/C=C\c1cc(-c2ncccn2)c(F)cc1C=O.Nc1cn[nH]c(=O)c1C(F)(F)F. The van der Waals surface area contributed by atoms with Gasteiger partial charge in [0.1, 0.15) is 11.4 Å². The van der Waals surface area contributed by atoms with Crippen molar-refractivity contribution in [2.75, 3.05) is 19.3 Å². The zero-order chi connectivity index (χ0) is 26.7. The van der Waals surface area contributed by atoms with E-state index in [0.717, 1.165) is 19.2 Å². The Bertz CT molecular complexity index is 1230. The number of aromatic amines is 1. The van der Waals surface area contributed by atoms with Crippen LogP contribution in [0.2, 0.25) is 0 Å². The average molecular weight is 507 g/mol. The molecule has 0 radical (unpaired) electrons. The number of nitrogens with one attached hydrogen (secondary N) is 1. The average Bonchev–Trinajstić information content (AvgIpc) is 2.83. The molecule has 0 spiro atoms. The smallest absolute Gasteiger partial charge is 0.397 e. The van der Waals surface area contributed by atoms with E-state index in [-0.39, 0.29) is 5.56 Å². The number of nitrogen functional groups attached to an aromatic ring is 1. The van der Waals surface area contributed by atoms with Crippen LogP contribution in [0.25, 0.3) is 17.5 Å². The van der Waals surface area contributed by atoms with E-state index in [1.165, 1.54) is 18.9 Å². The first-order valence-corrected chi connectivity index (χ1v) is 10.9. The van der Waals surface area contributed by atoms with Crippen molar-refractivity contribution >= 4 is 18.0 Å². The molecule has 36 heavy (non-hydrogen) atoms. The maximum absolute atomic E-state index is 14.2. The molecular weight excluding hydrogens is 480 g/mol. The van der Waals surface area contributed by atoms with Gasteiger partial charge in [0.15, 0.2) is 12.1 Å². The van der Waals surface area contributed by atoms with Gasteiger partial charge in [-0.3, -0.25) is 9.59 Å². The van der Waals surface area contributed by atoms with Crippen LogP contribution in [0.4, 0.5) is 23.2 Å². The molecule has 0 unspecified atom stereocenters. The van der Waals surface area contributed by atoms with Gasteiger partial charge < -0.3 is 10.6 Å². The molecule has 0 saturated carbocycles. The van der Waals surface area contributed by atoms with Gasteiger partial charge in [-0.2, -0.15) is 18.3 Å². The Morgan fingerprint density at radius 2 is 1.83 bits per heavy atom. The van der Waals surface area contributed by atoms with E-state index < -0.39 is 28.8 Å². The summed E-state index contributed by atoms with van der Waals surface area (Å²) in [7, 11) is 1.98. The van der Waals surface area contributed by atoms with E-state index in [1.807, 2.05) is 19.3 Å². The Hall–Kier alpha value is -4.09. The molecule has 0 atom stereocenters. The molecule has 0 fully saturated rings. The Morgan fingerprint density at radius 3 is 2.39 bits per heavy atom. The van der Waals surface area contributed by atoms with Crippen LogP contribution in [0.1, 0.15) is 47.7 Å². The number of halogens is 4.